The molecule has 1 amide bonds. The molecule has 146 valence electrons. The van der Waals surface area contributed by atoms with Crippen LogP contribution >= 0.6 is 15.9 Å². The highest BCUT2D eigenvalue weighted by Crippen LogP contribution is 2.30. The van der Waals surface area contributed by atoms with Crippen molar-refractivity contribution in [3.63, 3.8) is 0 Å². The number of hydrogen-bond acceptors (Lipinski definition) is 4. The predicted octanol–water partition coefficient (Wildman–Crippen LogP) is 4.40. The number of hydrogen-bond donors (Lipinski definition) is 0. The first-order chi connectivity index (χ1) is 11.9. The minimum absolute atomic E-state index is 0.221. The smallest absolute Gasteiger partial charge is 0.444 e. The molecule has 2 rings (SSSR count). The third-order valence-corrected chi connectivity index (χ3v) is 4.17. The molecule has 0 radical (unpaired) electrons. The van der Waals surface area contributed by atoms with Gasteiger partial charge in [0.2, 0.25) is 0 Å². The van der Waals surface area contributed by atoms with Gasteiger partial charge >= 0.3 is 12.5 Å². The Kier molecular flexibility index (Phi) is 6.44. The summed E-state index contributed by atoms with van der Waals surface area (Å²) in [6, 6.07) is 4.58. The summed E-state index contributed by atoms with van der Waals surface area (Å²) in [6.45, 7) is 7.72. The van der Waals surface area contributed by atoms with Crippen molar-refractivity contribution < 1.29 is 27.4 Å². The van der Waals surface area contributed by atoms with Crippen LogP contribution in [0.3, 0.4) is 0 Å². The highest BCUT2D eigenvalue weighted by atomic mass is 79.9. The number of carbonyl (C=O) groups is 1. The zero-order valence-corrected chi connectivity index (χ0v) is 16.5. The summed E-state index contributed by atoms with van der Waals surface area (Å²) < 4.78 is 47.8. The van der Waals surface area contributed by atoms with Crippen LogP contribution in [0.1, 0.15) is 26.3 Å². The van der Waals surface area contributed by atoms with Gasteiger partial charge in [0, 0.05) is 42.8 Å². The molecule has 0 atom stereocenters. The van der Waals surface area contributed by atoms with Gasteiger partial charge in [0.15, 0.2) is 0 Å². The van der Waals surface area contributed by atoms with E-state index in [1.807, 2.05) is 4.90 Å². The lowest BCUT2D eigenvalue weighted by Crippen LogP contribution is -2.49. The van der Waals surface area contributed by atoms with Crippen molar-refractivity contribution in [1.82, 2.24) is 9.80 Å². The third-order valence-electron chi connectivity index (χ3n) is 3.67. The zero-order chi connectivity index (χ0) is 19.5. The maximum Gasteiger partial charge on any atom is 0.573 e. The second-order valence-electron chi connectivity index (χ2n) is 7.04. The summed E-state index contributed by atoms with van der Waals surface area (Å²) in [4.78, 5) is 15.6. The molecule has 0 N–H and O–H groups in total. The normalized spacial score (nSPS) is 16.5. The Labute approximate surface area is 159 Å². The highest BCUT2D eigenvalue weighted by molar-refractivity contribution is 9.10. The van der Waals surface area contributed by atoms with Crippen molar-refractivity contribution in [2.45, 2.75) is 39.3 Å². The first-order valence-corrected chi connectivity index (χ1v) is 8.97. The van der Waals surface area contributed by atoms with Crippen molar-refractivity contribution >= 4 is 22.0 Å². The van der Waals surface area contributed by atoms with Gasteiger partial charge in [0.25, 0.3) is 0 Å². The van der Waals surface area contributed by atoms with Crippen molar-refractivity contribution in [3.8, 4) is 5.75 Å². The molecule has 1 aromatic carbocycles. The molecule has 1 aromatic rings. The molecule has 1 aliphatic heterocycles. The zero-order valence-electron chi connectivity index (χ0n) is 14.9. The van der Waals surface area contributed by atoms with Crippen LogP contribution in [0.2, 0.25) is 0 Å². The largest absolute Gasteiger partial charge is 0.573 e. The number of benzene rings is 1. The fourth-order valence-corrected chi connectivity index (χ4v) is 2.87. The first-order valence-electron chi connectivity index (χ1n) is 8.17. The van der Waals surface area contributed by atoms with Crippen LogP contribution in [-0.2, 0) is 11.3 Å². The van der Waals surface area contributed by atoms with Gasteiger partial charge in [-0.3, -0.25) is 4.90 Å². The van der Waals surface area contributed by atoms with Crippen molar-refractivity contribution in [1.29, 1.82) is 0 Å². The van der Waals surface area contributed by atoms with E-state index >= 15 is 0 Å². The van der Waals surface area contributed by atoms with Gasteiger partial charge in [-0.25, -0.2) is 4.79 Å². The number of piperazine rings is 1. The van der Waals surface area contributed by atoms with E-state index in [4.69, 9.17) is 4.74 Å². The van der Waals surface area contributed by atoms with E-state index in [0.717, 1.165) is 0 Å². The van der Waals surface area contributed by atoms with Crippen LogP contribution in [0.15, 0.2) is 22.7 Å². The first kappa shape index (κ1) is 20.8. The van der Waals surface area contributed by atoms with Gasteiger partial charge in [0.05, 0.1) is 0 Å². The van der Waals surface area contributed by atoms with E-state index in [-0.39, 0.29) is 11.8 Å². The SMILES string of the molecule is CC(C)(C)OC(=O)N1CCN(Cc2ccc(Br)cc2OC(F)(F)F)CC1. The molecular formula is C17H22BrF3N2O3. The summed E-state index contributed by atoms with van der Waals surface area (Å²) in [5.41, 5.74) is -0.119. The van der Waals surface area contributed by atoms with E-state index in [0.29, 0.717) is 42.8 Å². The quantitative estimate of drug-likeness (QED) is 0.701. The molecule has 0 spiro atoms. The second kappa shape index (κ2) is 8.04. The van der Waals surface area contributed by atoms with Crippen molar-refractivity contribution in [3.05, 3.63) is 28.2 Å². The molecule has 1 aliphatic rings. The number of ether oxygens (including phenoxy) is 2. The number of alkyl halides is 3. The monoisotopic (exact) mass is 438 g/mol. The van der Waals surface area contributed by atoms with E-state index < -0.39 is 12.0 Å². The number of nitrogens with zero attached hydrogens (tertiary/aromatic N) is 2. The Morgan fingerprint density at radius 3 is 2.31 bits per heavy atom. The van der Waals surface area contributed by atoms with Gasteiger partial charge in [-0.15, -0.1) is 13.2 Å². The average Bonchev–Trinajstić information content (AvgIpc) is 2.47. The second-order valence-corrected chi connectivity index (χ2v) is 7.96. The van der Waals surface area contributed by atoms with E-state index in [1.165, 1.54) is 6.07 Å². The van der Waals surface area contributed by atoms with Crippen LogP contribution in [0.25, 0.3) is 0 Å². The molecule has 26 heavy (non-hydrogen) atoms. The number of rotatable bonds is 3. The standard InChI is InChI=1S/C17H22BrF3N2O3/c1-16(2,3)26-15(24)23-8-6-22(7-9-23)11-12-4-5-13(18)10-14(12)25-17(19,20)21/h4-5,10H,6-9,11H2,1-3H3. The molecular weight excluding hydrogens is 417 g/mol. The fraction of sp³-hybridized carbons (Fsp3) is 0.588. The highest BCUT2D eigenvalue weighted by Gasteiger charge is 2.33. The molecule has 0 bridgehead atoms. The summed E-state index contributed by atoms with van der Waals surface area (Å²) >= 11 is 3.16. The summed E-state index contributed by atoms with van der Waals surface area (Å²) in [7, 11) is 0. The molecule has 5 nitrogen and oxygen atoms in total. The predicted molar refractivity (Wildman–Crippen MR) is 93.9 cm³/mol. The van der Waals surface area contributed by atoms with Crippen molar-refractivity contribution in [2.75, 3.05) is 26.2 Å². The summed E-state index contributed by atoms with van der Waals surface area (Å²) in [6.07, 6.45) is -5.12. The molecule has 0 unspecified atom stereocenters. The Morgan fingerprint density at radius 2 is 1.77 bits per heavy atom. The summed E-state index contributed by atoms with van der Waals surface area (Å²) in [5, 5.41) is 0. The van der Waals surface area contributed by atoms with Crippen LogP contribution < -0.4 is 4.74 Å². The molecule has 9 heteroatoms. The molecule has 0 aliphatic carbocycles. The lowest BCUT2D eigenvalue weighted by molar-refractivity contribution is -0.275. The van der Waals surface area contributed by atoms with Gasteiger partial charge in [-0.2, -0.15) is 0 Å². The van der Waals surface area contributed by atoms with Crippen LogP contribution in [-0.4, -0.2) is 54.0 Å². The topological polar surface area (TPSA) is 42.0 Å². The fourth-order valence-electron chi connectivity index (χ4n) is 2.53. The van der Waals surface area contributed by atoms with Crippen LogP contribution in [0.5, 0.6) is 5.75 Å². The molecule has 1 saturated heterocycles. The maximum atomic E-state index is 12.6. The van der Waals surface area contributed by atoms with Gasteiger partial charge in [0.1, 0.15) is 11.4 Å². The average molecular weight is 439 g/mol. The molecule has 0 aromatic heterocycles. The maximum absolute atomic E-state index is 12.6. The summed E-state index contributed by atoms with van der Waals surface area (Å²) in [5.74, 6) is -0.221. The number of halogens is 4. The molecule has 1 heterocycles. The molecule has 0 saturated carbocycles. The van der Waals surface area contributed by atoms with Gasteiger partial charge in [-0.05, 0) is 32.9 Å². The Hall–Kier alpha value is -1.48. The van der Waals surface area contributed by atoms with E-state index in [2.05, 4.69) is 20.7 Å². The van der Waals surface area contributed by atoms with E-state index in [1.54, 1.807) is 37.8 Å². The Bertz CT molecular complexity index is 639. The van der Waals surface area contributed by atoms with E-state index in [9.17, 15) is 18.0 Å². The van der Waals surface area contributed by atoms with Gasteiger partial charge < -0.3 is 14.4 Å². The minimum atomic E-state index is -4.75. The Morgan fingerprint density at radius 1 is 1.15 bits per heavy atom. The molecule has 1 fully saturated rings. The van der Waals surface area contributed by atoms with Crippen LogP contribution in [0, 0.1) is 0 Å². The lowest BCUT2D eigenvalue weighted by Gasteiger charge is -2.35. The lowest BCUT2D eigenvalue weighted by atomic mass is 10.1. The number of amides is 1. The number of carbonyl (C=O) groups excluding carboxylic acids is 1. The Balaban J connectivity index is 1.96. The third kappa shape index (κ3) is 6.68. The van der Waals surface area contributed by atoms with Crippen molar-refractivity contribution in [2.24, 2.45) is 0 Å². The minimum Gasteiger partial charge on any atom is -0.444 e. The van der Waals surface area contributed by atoms with Crippen LogP contribution in [0.4, 0.5) is 18.0 Å². The van der Waals surface area contributed by atoms with Gasteiger partial charge in [-0.1, -0.05) is 22.0 Å².